The predicted molar refractivity (Wildman–Crippen MR) is 112 cm³/mol. The molecule has 2 aromatic heterocycles. The molecule has 0 aliphatic carbocycles. The normalized spacial score (nSPS) is 10.8. The summed E-state index contributed by atoms with van der Waals surface area (Å²) < 4.78 is 0. The molecule has 0 spiro atoms. The summed E-state index contributed by atoms with van der Waals surface area (Å²) in [4.78, 5) is 22.1. The summed E-state index contributed by atoms with van der Waals surface area (Å²) in [6.07, 6.45) is 2.46. The number of amides is 1. The molecule has 4 rings (SSSR count). The van der Waals surface area contributed by atoms with Gasteiger partial charge in [-0.1, -0.05) is 48.0 Å². The first-order chi connectivity index (χ1) is 13.7. The van der Waals surface area contributed by atoms with Crippen molar-refractivity contribution < 1.29 is 4.79 Å². The number of aryl methyl sites for hydroxylation is 1. The van der Waals surface area contributed by atoms with E-state index in [4.69, 9.17) is 4.98 Å². The van der Waals surface area contributed by atoms with Crippen LogP contribution in [0.4, 0.5) is 0 Å². The third-order valence-corrected chi connectivity index (χ3v) is 4.67. The Labute approximate surface area is 164 Å². The summed E-state index contributed by atoms with van der Waals surface area (Å²) in [7, 11) is 0. The van der Waals surface area contributed by atoms with Gasteiger partial charge in [0, 0.05) is 35.8 Å². The van der Waals surface area contributed by atoms with Crippen LogP contribution in [0.2, 0.25) is 0 Å². The van der Waals surface area contributed by atoms with Crippen molar-refractivity contribution in [1.29, 1.82) is 0 Å². The summed E-state index contributed by atoms with van der Waals surface area (Å²) in [5.41, 5.74) is 5.32. The van der Waals surface area contributed by atoms with Crippen molar-refractivity contribution in [3.63, 3.8) is 0 Å². The fourth-order valence-electron chi connectivity index (χ4n) is 3.23. The second-order valence-electron chi connectivity index (χ2n) is 6.77. The van der Waals surface area contributed by atoms with Gasteiger partial charge < -0.3 is 5.32 Å². The lowest BCUT2D eigenvalue weighted by Crippen LogP contribution is -2.26. The molecule has 4 aromatic rings. The van der Waals surface area contributed by atoms with Gasteiger partial charge in [0.25, 0.3) is 5.91 Å². The number of pyridine rings is 2. The average molecular weight is 367 g/mol. The highest BCUT2D eigenvalue weighted by atomic mass is 16.1. The van der Waals surface area contributed by atoms with Gasteiger partial charge in [0.2, 0.25) is 0 Å². The number of nitrogens with zero attached hydrogens (tertiary/aromatic N) is 2. The van der Waals surface area contributed by atoms with Crippen molar-refractivity contribution in [2.75, 3.05) is 6.54 Å². The summed E-state index contributed by atoms with van der Waals surface area (Å²) in [5.74, 6) is -0.0916. The molecule has 138 valence electrons. The molecule has 4 heteroatoms. The first-order valence-corrected chi connectivity index (χ1v) is 9.35. The zero-order valence-electron chi connectivity index (χ0n) is 15.7. The van der Waals surface area contributed by atoms with E-state index < -0.39 is 0 Å². The average Bonchev–Trinajstić information content (AvgIpc) is 2.74. The molecular weight excluding hydrogens is 346 g/mol. The minimum absolute atomic E-state index is 0.0916. The second kappa shape index (κ2) is 8.01. The third-order valence-electron chi connectivity index (χ3n) is 4.67. The van der Waals surface area contributed by atoms with Gasteiger partial charge >= 0.3 is 0 Å². The van der Waals surface area contributed by atoms with Crippen LogP contribution < -0.4 is 5.32 Å². The molecular formula is C24H21N3O. The maximum absolute atomic E-state index is 13.0. The first kappa shape index (κ1) is 17.9. The Kier molecular flexibility index (Phi) is 5.11. The fourth-order valence-corrected chi connectivity index (χ4v) is 3.23. The molecule has 2 heterocycles. The maximum Gasteiger partial charge on any atom is 0.252 e. The van der Waals surface area contributed by atoms with E-state index in [1.165, 1.54) is 0 Å². The summed E-state index contributed by atoms with van der Waals surface area (Å²) in [6.45, 7) is 2.56. The molecule has 2 aromatic carbocycles. The van der Waals surface area contributed by atoms with E-state index >= 15 is 0 Å². The zero-order chi connectivity index (χ0) is 19.3. The lowest BCUT2D eigenvalue weighted by Gasteiger charge is -2.11. The van der Waals surface area contributed by atoms with Crippen molar-refractivity contribution in [3.8, 4) is 11.3 Å². The van der Waals surface area contributed by atoms with Crippen LogP contribution in [0.3, 0.4) is 0 Å². The largest absolute Gasteiger partial charge is 0.352 e. The van der Waals surface area contributed by atoms with Gasteiger partial charge in [0.05, 0.1) is 16.8 Å². The van der Waals surface area contributed by atoms with Crippen molar-refractivity contribution >= 4 is 16.8 Å². The van der Waals surface area contributed by atoms with Crippen molar-refractivity contribution in [3.05, 3.63) is 95.8 Å². The molecule has 28 heavy (non-hydrogen) atoms. The summed E-state index contributed by atoms with van der Waals surface area (Å²) >= 11 is 0. The molecule has 1 amide bonds. The highest BCUT2D eigenvalue weighted by Gasteiger charge is 2.14. The number of benzene rings is 2. The monoisotopic (exact) mass is 367 g/mol. The Bertz CT molecular complexity index is 1110. The molecule has 4 nitrogen and oxygen atoms in total. The third kappa shape index (κ3) is 3.91. The molecule has 0 radical (unpaired) electrons. The lowest BCUT2D eigenvalue weighted by atomic mass is 10.0. The number of fused-ring (bicyclic) bond motifs is 1. The maximum atomic E-state index is 13.0. The molecule has 1 N–H and O–H groups in total. The van der Waals surface area contributed by atoms with Crippen molar-refractivity contribution in [2.45, 2.75) is 13.3 Å². The molecule has 0 unspecified atom stereocenters. The SMILES string of the molecule is Cc1ccc2nc(-c3ccccc3)cc(C(=O)NCCc3ccccn3)c2c1. The van der Waals surface area contributed by atoms with E-state index in [1.54, 1.807) is 6.20 Å². The standard InChI is InChI=1S/C24H21N3O/c1-17-10-11-22-20(15-17)21(16-23(27-22)18-7-3-2-4-8-18)24(28)26-14-12-19-9-5-6-13-25-19/h2-11,13,15-16H,12,14H2,1H3,(H,26,28). The van der Waals surface area contributed by atoms with E-state index in [2.05, 4.69) is 10.3 Å². The van der Waals surface area contributed by atoms with Gasteiger partial charge in [-0.05, 0) is 37.3 Å². The number of hydrogen-bond acceptors (Lipinski definition) is 3. The minimum atomic E-state index is -0.0916. The van der Waals surface area contributed by atoms with Crippen molar-refractivity contribution in [1.82, 2.24) is 15.3 Å². The Balaban J connectivity index is 1.65. The van der Waals surface area contributed by atoms with Gasteiger partial charge in [-0.15, -0.1) is 0 Å². The molecule has 0 bridgehead atoms. The van der Waals surface area contributed by atoms with Gasteiger partial charge in [0.15, 0.2) is 0 Å². The number of rotatable bonds is 5. The van der Waals surface area contributed by atoms with E-state index in [-0.39, 0.29) is 5.91 Å². The topological polar surface area (TPSA) is 54.9 Å². The summed E-state index contributed by atoms with van der Waals surface area (Å²) in [6, 6.07) is 23.6. The Morgan fingerprint density at radius 3 is 2.57 bits per heavy atom. The van der Waals surface area contributed by atoms with Gasteiger partial charge in [-0.3, -0.25) is 9.78 Å². The number of nitrogens with one attached hydrogen (secondary N) is 1. The molecule has 0 fully saturated rings. The van der Waals surface area contributed by atoms with Gasteiger partial charge in [0.1, 0.15) is 0 Å². The van der Waals surface area contributed by atoms with Gasteiger partial charge in [-0.25, -0.2) is 4.98 Å². The Hall–Kier alpha value is -3.53. The highest BCUT2D eigenvalue weighted by molar-refractivity contribution is 6.07. The van der Waals surface area contributed by atoms with Crippen molar-refractivity contribution in [2.24, 2.45) is 0 Å². The molecule has 0 saturated heterocycles. The van der Waals surface area contributed by atoms with E-state index in [1.807, 2.05) is 79.7 Å². The molecule has 0 saturated carbocycles. The fraction of sp³-hybridized carbons (Fsp3) is 0.125. The van der Waals surface area contributed by atoms with Crippen LogP contribution in [0.15, 0.2) is 79.0 Å². The van der Waals surface area contributed by atoms with Crippen LogP contribution in [0.5, 0.6) is 0 Å². The predicted octanol–water partition coefficient (Wildman–Crippen LogP) is 4.58. The Morgan fingerprint density at radius 1 is 0.964 bits per heavy atom. The quantitative estimate of drug-likeness (QED) is 0.562. The van der Waals surface area contributed by atoms with Crippen LogP contribution in [0, 0.1) is 6.92 Å². The van der Waals surface area contributed by atoms with Crippen LogP contribution in [-0.4, -0.2) is 22.4 Å². The van der Waals surface area contributed by atoms with E-state index in [9.17, 15) is 4.79 Å². The lowest BCUT2D eigenvalue weighted by molar-refractivity contribution is 0.0955. The van der Waals surface area contributed by atoms with Crippen LogP contribution in [0.25, 0.3) is 22.2 Å². The van der Waals surface area contributed by atoms with Crippen LogP contribution >= 0.6 is 0 Å². The minimum Gasteiger partial charge on any atom is -0.352 e. The van der Waals surface area contributed by atoms with Crippen LogP contribution in [0.1, 0.15) is 21.6 Å². The number of hydrogen-bond donors (Lipinski definition) is 1. The van der Waals surface area contributed by atoms with Gasteiger partial charge in [-0.2, -0.15) is 0 Å². The molecule has 0 aliphatic heterocycles. The zero-order valence-corrected chi connectivity index (χ0v) is 15.7. The first-order valence-electron chi connectivity index (χ1n) is 9.35. The molecule has 0 atom stereocenters. The highest BCUT2D eigenvalue weighted by Crippen LogP contribution is 2.25. The number of carbonyl (C=O) groups excluding carboxylic acids is 1. The molecule has 0 aliphatic rings. The van der Waals surface area contributed by atoms with E-state index in [0.29, 0.717) is 18.5 Å². The summed E-state index contributed by atoms with van der Waals surface area (Å²) in [5, 5.41) is 3.90. The van der Waals surface area contributed by atoms with E-state index in [0.717, 1.165) is 33.4 Å². The second-order valence-corrected chi connectivity index (χ2v) is 6.77. The smallest absolute Gasteiger partial charge is 0.252 e. The number of carbonyl (C=O) groups is 1. The Morgan fingerprint density at radius 2 is 1.79 bits per heavy atom. The van der Waals surface area contributed by atoms with Crippen LogP contribution in [-0.2, 0) is 6.42 Å². The number of aromatic nitrogens is 2.